The van der Waals surface area contributed by atoms with E-state index in [1.54, 1.807) is 66.7 Å². The lowest BCUT2D eigenvalue weighted by Crippen LogP contribution is -2.38. The number of benzene rings is 3. The predicted octanol–water partition coefficient (Wildman–Crippen LogP) is 4.66. The SMILES string of the molecule is O=C1c2ccccc2C(=O)C12OC(c1ccc(Cl)cc1)c1c2c(O)n(-c2ccc3c(c2)OCO3)c1O. The average Bonchev–Trinajstić information content (AvgIpc) is 3.61. The van der Waals surface area contributed by atoms with Gasteiger partial charge in [0.1, 0.15) is 6.10 Å². The van der Waals surface area contributed by atoms with Crippen LogP contribution in [-0.2, 0) is 10.3 Å². The van der Waals surface area contributed by atoms with Gasteiger partial charge in [0.25, 0.3) is 0 Å². The van der Waals surface area contributed by atoms with Gasteiger partial charge >= 0.3 is 0 Å². The number of nitrogens with zero attached hydrogens (tertiary/aromatic N) is 1. The van der Waals surface area contributed by atoms with Gasteiger partial charge in [0.15, 0.2) is 11.5 Å². The molecule has 0 fully saturated rings. The Labute approximate surface area is 208 Å². The standard InChI is InChI=1S/C27H16ClNO7/c28-14-7-5-13(6-8-14)22-20-21(27(36-22)23(30)16-3-1-2-4-17(16)24(27)31)26(33)29(25(20)32)15-9-10-18-19(11-15)35-12-34-18/h1-11,22,32-33H,12H2. The second-order valence-electron chi connectivity index (χ2n) is 8.74. The number of rotatable bonds is 2. The number of carbonyl (C=O) groups is 2. The highest BCUT2D eigenvalue weighted by Crippen LogP contribution is 2.59. The highest BCUT2D eigenvalue weighted by Gasteiger charge is 2.64. The molecule has 2 N–H and O–H groups in total. The van der Waals surface area contributed by atoms with Crippen molar-refractivity contribution in [1.29, 1.82) is 0 Å². The Balaban J connectivity index is 1.50. The molecule has 7 rings (SSSR count). The van der Waals surface area contributed by atoms with Gasteiger partial charge in [0.05, 0.1) is 16.8 Å². The Morgan fingerprint density at radius 1 is 0.861 bits per heavy atom. The van der Waals surface area contributed by atoms with Crippen molar-refractivity contribution in [2.45, 2.75) is 11.7 Å². The molecule has 3 heterocycles. The number of carbonyl (C=O) groups excluding carboxylic acids is 2. The Morgan fingerprint density at radius 2 is 1.53 bits per heavy atom. The van der Waals surface area contributed by atoms with E-state index in [4.69, 9.17) is 25.8 Å². The summed E-state index contributed by atoms with van der Waals surface area (Å²) in [5.41, 5.74) is -0.811. The average molecular weight is 502 g/mol. The van der Waals surface area contributed by atoms with Gasteiger partial charge in [-0.25, -0.2) is 0 Å². The molecule has 9 heteroatoms. The van der Waals surface area contributed by atoms with Gasteiger partial charge in [-0.15, -0.1) is 0 Å². The van der Waals surface area contributed by atoms with Gasteiger partial charge in [0.2, 0.25) is 35.7 Å². The van der Waals surface area contributed by atoms with E-state index in [-0.39, 0.29) is 34.9 Å². The maximum absolute atomic E-state index is 13.8. The van der Waals surface area contributed by atoms with Gasteiger partial charge < -0.3 is 24.4 Å². The summed E-state index contributed by atoms with van der Waals surface area (Å²) < 4.78 is 18.2. The number of aromatic nitrogens is 1. The Bertz CT molecular complexity index is 1590. The number of halogens is 1. The Morgan fingerprint density at radius 3 is 2.22 bits per heavy atom. The lowest BCUT2D eigenvalue weighted by molar-refractivity contribution is -0.0231. The second-order valence-corrected chi connectivity index (χ2v) is 9.18. The predicted molar refractivity (Wildman–Crippen MR) is 126 cm³/mol. The Kier molecular flexibility index (Phi) is 4.17. The molecule has 0 amide bonds. The van der Waals surface area contributed by atoms with E-state index < -0.39 is 29.2 Å². The van der Waals surface area contributed by atoms with Crippen molar-refractivity contribution in [3.05, 3.63) is 99.6 Å². The van der Waals surface area contributed by atoms with Crippen LogP contribution in [0.15, 0.2) is 66.7 Å². The van der Waals surface area contributed by atoms with Crippen LogP contribution in [0.1, 0.15) is 43.5 Å². The molecule has 36 heavy (non-hydrogen) atoms. The third-order valence-corrected chi connectivity index (χ3v) is 7.16. The molecular weight excluding hydrogens is 486 g/mol. The van der Waals surface area contributed by atoms with Crippen LogP contribution in [0.25, 0.3) is 5.69 Å². The zero-order chi connectivity index (χ0) is 24.8. The molecule has 0 radical (unpaired) electrons. The van der Waals surface area contributed by atoms with Crippen molar-refractivity contribution in [2.75, 3.05) is 6.79 Å². The number of aromatic hydroxyl groups is 2. The van der Waals surface area contributed by atoms with Crippen molar-refractivity contribution in [3.8, 4) is 28.9 Å². The highest BCUT2D eigenvalue weighted by atomic mass is 35.5. The smallest absolute Gasteiger partial charge is 0.231 e. The first-order valence-corrected chi connectivity index (χ1v) is 11.5. The van der Waals surface area contributed by atoms with Gasteiger partial charge in [-0.3, -0.25) is 14.2 Å². The minimum atomic E-state index is -2.15. The van der Waals surface area contributed by atoms with Crippen LogP contribution in [0, 0.1) is 0 Å². The summed E-state index contributed by atoms with van der Waals surface area (Å²) in [6.07, 6.45) is -1.03. The van der Waals surface area contributed by atoms with Gasteiger partial charge in [-0.1, -0.05) is 48.0 Å². The van der Waals surface area contributed by atoms with E-state index >= 15 is 0 Å². The molecule has 2 aliphatic heterocycles. The summed E-state index contributed by atoms with van der Waals surface area (Å²) in [4.78, 5) is 27.6. The summed E-state index contributed by atoms with van der Waals surface area (Å²) >= 11 is 6.07. The fraction of sp³-hybridized carbons (Fsp3) is 0.111. The summed E-state index contributed by atoms with van der Waals surface area (Å²) in [5.74, 6) is -1.09. The van der Waals surface area contributed by atoms with Gasteiger partial charge in [-0.2, -0.15) is 0 Å². The largest absolute Gasteiger partial charge is 0.494 e. The number of hydrogen-bond acceptors (Lipinski definition) is 7. The quantitative estimate of drug-likeness (QED) is 0.384. The third-order valence-electron chi connectivity index (χ3n) is 6.91. The fourth-order valence-corrected chi connectivity index (χ4v) is 5.42. The minimum absolute atomic E-state index is 0.0514. The van der Waals surface area contributed by atoms with E-state index in [1.807, 2.05) is 0 Å². The van der Waals surface area contributed by atoms with E-state index in [0.29, 0.717) is 27.8 Å². The fourth-order valence-electron chi connectivity index (χ4n) is 5.29. The maximum Gasteiger partial charge on any atom is 0.231 e. The van der Waals surface area contributed by atoms with Crippen LogP contribution in [-0.4, -0.2) is 33.1 Å². The summed E-state index contributed by atoms with van der Waals surface area (Å²) in [7, 11) is 0. The normalized spacial score (nSPS) is 18.6. The molecular formula is C27H16ClNO7. The zero-order valence-electron chi connectivity index (χ0n) is 18.4. The first-order valence-electron chi connectivity index (χ1n) is 11.1. The van der Waals surface area contributed by atoms with Crippen molar-refractivity contribution < 1.29 is 34.0 Å². The molecule has 1 aromatic heterocycles. The van der Waals surface area contributed by atoms with E-state index in [1.165, 1.54) is 4.57 Å². The molecule has 3 aromatic carbocycles. The summed E-state index contributed by atoms with van der Waals surface area (Å²) in [6, 6.07) is 17.9. The molecule has 0 bridgehead atoms. The molecule has 1 unspecified atom stereocenters. The van der Waals surface area contributed by atoms with Gasteiger partial charge in [-0.05, 0) is 29.8 Å². The number of ether oxygens (including phenoxy) is 3. The third kappa shape index (κ3) is 2.52. The molecule has 1 aliphatic carbocycles. The van der Waals surface area contributed by atoms with Crippen molar-refractivity contribution in [1.82, 2.24) is 4.57 Å². The number of hydrogen-bond donors (Lipinski definition) is 2. The van der Waals surface area contributed by atoms with E-state index in [2.05, 4.69) is 0 Å². The second kappa shape index (κ2) is 7.13. The van der Waals surface area contributed by atoms with E-state index in [9.17, 15) is 19.8 Å². The number of ketones is 2. The Hall–Kier alpha value is -4.27. The molecule has 1 atom stereocenters. The zero-order valence-corrected chi connectivity index (χ0v) is 19.2. The van der Waals surface area contributed by atoms with Crippen LogP contribution in [0.2, 0.25) is 5.02 Å². The van der Waals surface area contributed by atoms with Gasteiger partial charge in [0, 0.05) is 22.2 Å². The molecule has 1 spiro atoms. The molecule has 0 saturated carbocycles. The maximum atomic E-state index is 13.8. The van der Waals surface area contributed by atoms with Crippen LogP contribution >= 0.6 is 11.6 Å². The molecule has 8 nitrogen and oxygen atoms in total. The van der Waals surface area contributed by atoms with Crippen molar-refractivity contribution in [2.24, 2.45) is 0 Å². The topological polar surface area (TPSA) is 107 Å². The van der Waals surface area contributed by atoms with E-state index in [0.717, 1.165) is 0 Å². The monoisotopic (exact) mass is 501 g/mol. The first kappa shape index (κ1) is 21.0. The molecule has 4 aromatic rings. The van der Waals surface area contributed by atoms with Crippen LogP contribution < -0.4 is 9.47 Å². The molecule has 0 saturated heterocycles. The van der Waals surface area contributed by atoms with Crippen molar-refractivity contribution in [3.63, 3.8) is 0 Å². The molecule has 3 aliphatic rings. The lowest BCUT2D eigenvalue weighted by Gasteiger charge is -2.24. The van der Waals surface area contributed by atoms with Crippen LogP contribution in [0.5, 0.6) is 23.3 Å². The number of fused-ring (bicyclic) bond motifs is 4. The van der Waals surface area contributed by atoms with Crippen LogP contribution in [0.3, 0.4) is 0 Å². The molecule has 178 valence electrons. The first-order chi connectivity index (χ1) is 17.4. The highest BCUT2D eigenvalue weighted by molar-refractivity contribution is 6.33. The minimum Gasteiger partial charge on any atom is -0.494 e. The summed E-state index contributed by atoms with van der Waals surface area (Å²) in [5, 5.41) is 23.4. The number of Topliss-reactive ketones (excluding diaryl/α,β-unsaturated/α-hetero) is 2. The lowest BCUT2D eigenvalue weighted by atomic mass is 9.88. The summed E-state index contributed by atoms with van der Waals surface area (Å²) in [6.45, 7) is 0.0514. The van der Waals surface area contributed by atoms with Crippen LogP contribution in [0.4, 0.5) is 0 Å². The van der Waals surface area contributed by atoms with Crippen molar-refractivity contribution >= 4 is 23.2 Å².